The third-order valence-electron chi connectivity index (χ3n) is 2.61. The summed E-state index contributed by atoms with van der Waals surface area (Å²) >= 11 is 0. The zero-order valence-electron chi connectivity index (χ0n) is 10.1. The number of rotatable bonds is 7. The summed E-state index contributed by atoms with van der Waals surface area (Å²) in [7, 11) is 1.62. The number of carbonyl (C=O) groups is 1. The van der Waals surface area contributed by atoms with E-state index >= 15 is 0 Å². The monoisotopic (exact) mass is 230 g/mol. The number of nitrogens with one attached hydrogen (secondary N) is 2. The van der Waals surface area contributed by atoms with Crippen molar-refractivity contribution in [3.63, 3.8) is 0 Å². The van der Waals surface area contributed by atoms with E-state index in [1.54, 1.807) is 7.11 Å². The van der Waals surface area contributed by atoms with Crippen LogP contribution in [0.5, 0.6) is 0 Å². The standard InChI is InChI=1S/C11H22N2O3/c1-9(8-15-2)13-11(14)7-12-16-10-5-3-4-6-10/h9-10,12H,3-8H2,1-2H3,(H,13,14). The van der Waals surface area contributed by atoms with E-state index in [-0.39, 0.29) is 24.6 Å². The summed E-state index contributed by atoms with van der Waals surface area (Å²) in [6.45, 7) is 2.62. The van der Waals surface area contributed by atoms with E-state index in [2.05, 4.69) is 10.8 Å². The molecule has 0 aromatic rings. The van der Waals surface area contributed by atoms with Gasteiger partial charge in [-0.05, 0) is 19.8 Å². The van der Waals surface area contributed by atoms with Gasteiger partial charge in [0.25, 0.3) is 0 Å². The fraction of sp³-hybridized carbons (Fsp3) is 0.909. The second kappa shape index (κ2) is 7.60. The van der Waals surface area contributed by atoms with Crippen LogP contribution < -0.4 is 10.8 Å². The van der Waals surface area contributed by atoms with Gasteiger partial charge in [-0.25, -0.2) is 0 Å². The quantitative estimate of drug-likeness (QED) is 0.629. The van der Waals surface area contributed by atoms with E-state index in [0.29, 0.717) is 6.61 Å². The highest BCUT2D eigenvalue weighted by atomic mass is 16.7. The van der Waals surface area contributed by atoms with E-state index in [1.807, 2.05) is 6.92 Å². The van der Waals surface area contributed by atoms with Crippen molar-refractivity contribution in [3.8, 4) is 0 Å². The zero-order chi connectivity index (χ0) is 11.8. The molecule has 1 unspecified atom stereocenters. The molecule has 1 fully saturated rings. The minimum Gasteiger partial charge on any atom is -0.383 e. The molecule has 1 aliphatic rings. The molecule has 0 radical (unpaired) electrons. The predicted molar refractivity (Wildman–Crippen MR) is 60.8 cm³/mol. The highest BCUT2D eigenvalue weighted by molar-refractivity contribution is 5.78. The van der Waals surface area contributed by atoms with Crippen molar-refractivity contribution in [3.05, 3.63) is 0 Å². The van der Waals surface area contributed by atoms with Crippen molar-refractivity contribution in [2.24, 2.45) is 0 Å². The number of methoxy groups -OCH3 is 1. The van der Waals surface area contributed by atoms with Crippen molar-refractivity contribution in [2.45, 2.75) is 44.8 Å². The van der Waals surface area contributed by atoms with Crippen LogP contribution in [0, 0.1) is 0 Å². The Morgan fingerprint density at radius 3 is 2.75 bits per heavy atom. The molecular formula is C11H22N2O3. The summed E-state index contributed by atoms with van der Waals surface area (Å²) in [6.07, 6.45) is 4.92. The number of hydrogen-bond donors (Lipinski definition) is 2. The number of amides is 1. The van der Waals surface area contributed by atoms with E-state index in [0.717, 1.165) is 12.8 Å². The van der Waals surface area contributed by atoms with Gasteiger partial charge in [-0.15, -0.1) is 0 Å². The van der Waals surface area contributed by atoms with Crippen LogP contribution in [0.25, 0.3) is 0 Å². The fourth-order valence-corrected chi connectivity index (χ4v) is 1.85. The van der Waals surface area contributed by atoms with Crippen LogP contribution in [0.4, 0.5) is 0 Å². The molecule has 1 aliphatic carbocycles. The second-order valence-electron chi connectivity index (χ2n) is 4.27. The van der Waals surface area contributed by atoms with Crippen LogP contribution in [0.2, 0.25) is 0 Å². The third kappa shape index (κ3) is 5.44. The molecule has 0 saturated heterocycles. The number of carbonyl (C=O) groups excluding carboxylic acids is 1. The van der Waals surface area contributed by atoms with Gasteiger partial charge in [-0.3, -0.25) is 9.63 Å². The van der Waals surface area contributed by atoms with Crippen LogP contribution in [-0.4, -0.2) is 38.3 Å². The largest absolute Gasteiger partial charge is 0.383 e. The van der Waals surface area contributed by atoms with E-state index < -0.39 is 0 Å². The Morgan fingerprint density at radius 1 is 1.44 bits per heavy atom. The Kier molecular flexibility index (Phi) is 6.37. The Balaban J connectivity index is 2.01. The number of ether oxygens (including phenoxy) is 1. The Bertz CT molecular complexity index is 205. The van der Waals surface area contributed by atoms with Gasteiger partial charge in [0, 0.05) is 13.2 Å². The van der Waals surface area contributed by atoms with E-state index in [9.17, 15) is 4.79 Å². The zero-order valence-corrected chi connectivity index (χ0v) is 10.1. The molecule has 5 heteroatoms. The summed E-state index contributed by atoms with van der Waals surface area (Å²) in [5, 5.41) is 2.80. The first-order valence-electron chi connectivity index (χ1n) is 5.89. The predicted octanol–water partition coefficient (Wildman–Crippen LogP) is 0.601. The van der Waals surface area contributed by atoms with Crippen LogP contribution in [0.15, 0.2) is 0 Å². The Labute approximate surface area is 96.8 Å². The summed E-state index contributed by atoms with van der Waals surface area (Å²) in [4.78, 5) is 16.8. The van der Waals surface area contributed by atoms with Gasteiger partial charge in [0.05, 0.1) is 19.3 Å². The Hall–Kier alpha value is -0.650. The van der Waals surface area contributed by atoms with Crippen LogP contribution in [0.3, 0.4) is 0 Å². The number of hydroxylamine groups is 1. The molecule has 16 heavy (non-hydrogen) atoms. The molecule has 2 N–H and O–H groups in total. The second-order valence-corrected chi connectivity index (χ2v) is 4.27. The smallest absolute Gasteiger partial charge is 0.236 e. The van der Waals surface area contributed by atoms with Crippen molar-refractivity contribution in [1.29, 1.82) is 0 Å². The SMILES string of the molecule is COCC(C)NC(=O)CNOC1CCCC1. The van der Waals surface area contributed by atoms with Crippen LogP contribution in [-0.2, 0) is 14.4 Å². The maximum absolute atomic E-state index is 11.4. The summed E-state index contributed by atoms with van der Waals surface area (Å²) in [5.74, 6) is -0.0671. The summed E-state index contributed by atoms with van der Waals surface area (Å²) < 4.78 is 4.92. The minimum atomic E-state index is -0.0671. The molecule has 0 aromatic heterocycles. The average molecular weight is 230 g/mol. The molecule has 1 amide bonds. The average Bonchev–Trinajstić information content (AvgIpc) is 2.70. The maximum Gasteiger partial charge on any atom is 0.236 e. The van der Waals surface area contributed by atoms with Gasteiger partial charge in [0.15, 0.2) is 0 Å². The third-order valence-corrected chi connectivity index (χ3v) is 2.61. The maximum atomic E-state index is 11.4. The van der Waals surface area contributed by atoms with Crippen molar-refractivity contribution >= 4 is 5.91 Å². The van der Waals surface area contributed by atoms with Crippen LogP contribution >= 0.6 is 0 Å². The molecule has 0 heterocycles. The highest BCUT2D eigenvalue weighted by Crippen LogP contribution is 2.19. The molecule has 1 atom stereocenters. The molecule has 0 spiro atoms. The normalized spacial score (nSPS) is 18.6. The molecule has 94 valence electrons. The first-order chi connectivity index (χ1) is 7.72. The van der Waals surface area contributed by atoms with E-state index in [4.69, 9.17) is 9.57 Å². The lowest BCUT2D eigenvalue weighted by Gasteiger charge is -2.14. The summed E-state index contributed by atoms with van der Waals surface area (Å²) in [5.41, 5.74) is 2.72. The minimum absolute atomic E-state index is 0.0331. The fourth-order valence-electron chi connectivity index (χ4n) is 1.85. The van der Waals surface area contributed by atoms with Gasteiger partial charge in [0.1, 0.15) is 0 Å². The first kappa shape index (κ1) is 13.4. The molecular weight excluding hydrogens is 208 g/mol. The number of hydrogen-bond acceptors (Lipinski definition) is 4. The highest BCUT2D eigenvalue weighted by Gasteiger charge is 2.16. The topological polar surface area (TPSA) is 59.6 Å². The van der Waals surface area contributed by atoms with Gasteiger partial charge in [-0.2, -0.15) is 5.48 Å². The molecule has 5 nitrogen and oxygen atoms in total. The van der Waals surface area contributed by atoms with Crippen molar-refractivity contribution in [2.75, 3.05) is 20.3 Å². The lowest BCUT2D eigenvalue weighted by atomic mass is 10.3. The van der Waals surface area contributed by atoms with Crippen LogP contribution in [0.1, 0.15) is 32.6 Å². The van der Waals surface area contributed by atoms with Gasteiger partial charge in [-0.1, -0.05) is 12.8 Å². The van der Waals surface area contributed by atoms with E-state index in [1.165, 1.54) is 12.8 Å². The molecule has 0 aromatic carbocycles. The molecule has 1 saturated carbocycles. The lowest BCUT2D eigenvalue weighted by Crippen LogP contribution is -2.41. The van der Waals surface area contributed by atoms with Gasteiger partial charge >= 0.3 is 0 Å². The molecule has 0 aliphatic heterocycles. The van der Waals surface area contributed by atoms with Gasteiger partial charge < -0.3 is 10.1 Å². The summed E-state index contributed by atoms with van der Waals surface area (Å²) in [6, 6.07) is 0.0331. The first-order valence-corrected chi connectivity index (χ1v) is 5.89. The van der Waals surface area contributed by atoms with Crippen molar-refractivity contribution < 1.29 is 14.4 Å². The lowest BCUT2D eigenvalue weighted by molar-refractivity contribution is -0.125. The molecule has 0 bridgehead atoms. The Morgan fingerprint density at radius 2 is 2.12 bits per heavy atom. The van der Waals surface area contributed by atoms with Crippen molar-refractivity contribution in [1.82, 2.24) is 10.8 Å². The van der Waals surface area contributed by atoms with Gasteiger partial charge in [0.2, 0.25) is 5.91 Å². The molecule has 1 rings (SSSR count).